The van der Waals surface area contributed by atoms with E-state index in [0.717, 1.165) is 0 Å². The Hall–Kier alpha value is 1.57. The fourth-order valence-corrected chi connectivity index (χ4v) is 4.77. The van der Waals surface area contributed by atoms with Gasteiger partial charge in [0.2, 0.25) is 0 Å². The first kappa shape index (κ1) is 18.6. The lowest BCUT2D eigenvalue weighted by molar-refractivity contribution is -0.0354. The van der Waals surface area contributed by atoms with Gasteiger partial charge in [-0.25, -0.2) is 0 Å². The van der Waals surface area contributed by atoms with E-state index in [1.54, 1.807) is 7.11 Å². The zero-order valence-electron chi connectivity index (χ0n) is 11.0. The molecule has 0 bridgehead atoms. The van der Waals surface area contributed by atoms with E-state index >= 15 is 0 Å². The van der Waals surface area contributed by atoms with Gasteiger partial charge in [0.05, 0.1) is 20.1 Å². The van der Waals surface area contributed by atoms with Crippen molar-refractivity contribution in [3.05, 3.63) is 18.4 Å². The third kappa shape index (κ3) is 4.28. The van der Waals surface area contributed by atoms with Crippen molar-refractivity contribution < 1.29 is 18.5 Å². The maximum atomic E-state index is 6.23. The number of ether oxygens (including phenoxy) is 2. The molecule has 1 aliphatic rings. The van der Waals surface area contributed by atoms with E-state index in [-0.39, 0.29) is 18.2 Å². The van der Waals surface area contributed by atoms with Crippen molar-refractivity contribution >= 4 is 50.7 Å². The van der Waals surface area contributed by atoms with Crippen LogP contribution in [0.3, 0.4) is 0 Å². The summed E-state index contributed by atoms with van der Waals surface area (Å²) in [6.45, 7) is 4.10. The molecule has 0 aromatic rings. The van der Waals surface area contributed by atoms with Crippen LogP contribution in [0.25, 0.3) is 0 Å². The predicted molar refractivity (Wildman–Crippen MR) is 95.8 cm³/mol. The minimum absolute atomic E-state index is 0.149. The molecule has 6 unspecified atom stereocenters. The van der Waals surface area contributed by atoms with E-state index in [1.807, 2.05) is 13.9 Å². The van der Waals surface area contributed by atoms with Gasteiger partial charge in [-0.1, -0.05) is 15.5 Å². The Bertz CT molecular complexity index is 343. The predicted octanol–water partition coefficient (Wildman–Crippen LogP) is 1.83. The van der Waals surface area contributed by atoms with Crippen molar-refractivity contribution in [3.63, 3.8) is 0 Å². The smallest absolute Gasteiger partial charge is 0.145 e. The Labute approximate surface area is 125 Å². The second-order valence-corrected chi connectivity index (χ2v) is 12.9. The van der Waals surface area contributed by atoms with Crippen molar-refractivity contribution in [2.24, 2.45) is 0 Å². The molecule has 0 saturated carbocycles. The molecule has 0 amide bonds. The maximum absolute atomic E-state index is 6.23. The van der Waals surface area contributed by atoms with Crippen LogP contribution in [-0.4, -0.2) is 45.4 Å². The standard InChI is InChI=1S/C9H20BO4P5/c1-3-4-9(14-19(17)18-16)7(11-2)6(5-12-15)13-8(9)10/h4,6-8,18H,1,5,10,15-17H2,2H3/t6-,7?,8-,9-,19?/m1/s1. The molecule has 1 heterocycles. The molecule has 0 spiro atoms. The highest BCUT2D eigenvalue weighted by Crippen LogP contribution is 2.69. The van der Waals surface area contributed by atoms with E-state index in [4.69, 9.17) is 18.5 Å². The van der Waals surface area contributed by atoms with Crippen LogP contribution < -0.4 is 0 Å². The van der Waals surface area contributed by atoms with Crippen LogP contribution >= 0.6 is 42.8 Å². The summed E-state index contributed by atoms with van der Waals surface area (Å²) in [4.78, 5) is 0. The molecular formula is C9H20BO4P5. The summed E-state index contributed by atoms with van der Waals surface area (Å²) >= 11 is 0. The van der Waals surface area contributed by atoms with Crippen molar-refractivity contribution in [3.8, 4) is 0 Å². The third-order valence-corrected chi connectivity index (χ3v) is 11.7. The molecule has 0 aromatic heterocycles. The van der Waals surface area contributed by atoms with Gasteiger partial charge >= 0.3 is 0 Å². The van der Waals surface area contributed by atoms with E-state index in [2.05, 4.69) is 39.6 Å². The zero-order valence-corrected chi connectivity index (χ0v) is 16.4. The SMILES string of the molecule is B[C@@H]1O[C@H](COP)C(OC)[C@@]1(C=C=C)OP(P)PP. The fourth-order valence-electron chi connectivity index (χ4n) is 2.23. The lowest BCUT2D eigenvalue weighted by atomic mass is 9.80. The monoisotopic (exact) mass is 358 g/mol. The molecule has 0 aromatic carbocycles. The average Bonchev–Trinajstić information content (AvgIpc) is 2.62. The highest BCUT2D eigenvalue weighted by molar-refractivity contribution is 8.59. The van der Waals surface area contributed by atoms with Gasteiger partial charge in [-0.2, -0.15) is 0 Å². The second kappa shape index (κ2) is 8.88. The van der Waals surface area contributed by atoms with Gasteiger partial charge < -0.3 is 18.5 Å². The zero-order chi connectivity index (χ0) is 14.5. The van der Waals surface area contributed by atoms with Crippen LogP contribution in [0.5, 0.6) is 0 Å². The molecule has 4 nitrogen and oxygen atoms in total. The third-order valence-electron chi connectivity index (χ3n) is 3.02. The number of rotatable bonds is 7. The summed E-state index contributed by atoms with van der Waals surface area (Å²) in [7, 11) is 11.3. The Balaban J connectivity index is 3.07. The molecule has 1 saturated heterocycles. The van der Waals surface area contributed by atoms with Crippen molar-refractivity contribution in [1.82, 2.24) is 0 Å². The highest BCUT2D eigenvalue weighted by Gasteiger charge is 2.55. The average molecular weight is 358 g/mol. The lowest BCUT2D eigenvalue weighted by Crippen LogP contribution is -2.49. The van der Waals surface area contributed by atoms with Gasteiger partial charge in [0.15, 0.2) is 0 Å². The van der Waals surface area contributed by atoms with Gasteiger partial charge in [-0.15, -0.1) is 14.7 Å². The molecule has 1 rings (SSSR count). The molecule has 1 aliphatic heterocycles. The maximum Gasteiger partial charge on any atom is 0.145 e. The molecule has 0 aliphatic carbocycles. The largest absolute Gasteiger partial charge is 0.375 e. The van der Waals surface area contributed by atoms with Crippen LogP contribution in [0.4, 0.5) is 0 Å². The van der Waals surface area contributed by atoms with Gasteiger partial charge in [-0.3, -0.25) is 0 Å². The van der Waals surface area contributed by atoms with Crippen molar-refractivity contribution in [2.45, 2.75) is 23.8 Å². The first-order valence-electron chi connectivity index (χ1n) is 5.62. The Morgan fingerprint density at radius 1 is 1.68 bits per heavy atom. The Morgan fingerprint density at radius 3 is 2.84 bits per heavy atom. The van der Waals surface area contributed by atoms with Gasteiger partial charge in [0, 0.05) is 16.6 Å². The summed E-state index contributed by atoms with van der Waals surface area (Å²) in [5.41, 5.74) is 2.16. The summed E-state index contributed by atoms with van der Waals surface area (Å²) in [5, 5.41) is 0. The number of hydrogen-bond acceptors (Lipinski definition) is 4. The topological polar surface area (TPSA) is 36.9 Å². The number of methoxy groups -OCH3 is 1. The molecule has 10 heteroatoms. The molecular weight excluding hydrogens is 338 g/mol. The molecule has 108 valence electrons. The van der Waals surface area contributed by atoms with Gasteiger partial charge in [0.1, 0.15) is 25.7 Å². The summed E-state index contributed by atoms with van der Waals surface area (Å²) in [6.07, 6.45) is 1.39. The molecule has 0 radical (unpaired) electrons. The highest BCUT2D eigenvalue weighted by atomic mass is 32.6. The van der Waals surface area contributed by atoms with Crippen LogP contribution in [0, 0.1) is 0 Å². The number of hydrogen-bond donors (Lipinski definition) is 0. The molecule has 19 heavy (non-hydrogen) atoms. The minimum Gasteiger partial charge on any atom is -0.375 e. The Morgan fingerprint density at radius 2 is 2.37 bits per heavy atom. The van der Waals surface area contributed by atoms with Crippen LogP contribution in [-0.2, 0) is 18.5 Å². The molecule has 1 fully saturated rings. The first-order chi connectivity index (χ1) is 9.05. The summed E-state index contributed by atoms with van der Waals surface area (Å²) in [6, 6.07) is -0.149. The van der Waals surface area contributed by atoms with Gasteiger partial charge in [-0.05, 0) is 14.0 Å². The lowest BCUT2D eigenvalue weighted by Gasteiger charge is -2.35. The van der Waals surface area contributed by atoms with E-state index in [9.17, 15) is 0 Å². The second-order valence-electron chi connectivity index (χ2n) is 4.05. The molecule has 9 atom stereocenters. The Kier molecular flexibility index (Phi) is 8.71. The quantitative estimate of drug-likeness (QED) is 0.396. The minimum atomic E-state index is -0.665. The summed E-state index contributed by atoms with van der Waals surface area (Å²) in [5.74, 6) is 0. The fraction of sp³-hybridized carbons (Fsp3) is 0.667. The summed E-state index contributed by atoms with van der Waals surface area (Å²) < 4.78 is 22.9. The first-order valence-corrected chi connectivity index (χ1v) is 12.6. The van der Waals surface area contributed by atoms with Crippen molar-refractivity contribution in [2.75, 3.05) is 13.7 Å². The van der Waals surface area contributed by atoms with Crippen molar-refractivity contribution in [1.29, 1.82) is 0 Å². The normalized spacial score (nSPS) is 36.5. The van der Waals surface area contributed by atoms with Crippen LogP contribution in [0.2, 0.25) is 0 Å². The van der Waals surface area contributed by atoms with Crippen LogP contribution in [0.1, 0.15) is 0 Å². The van der Waals surface area contributed by atoms with Gasteiger partial charge in [0.25, 0.3) is 0 Å². The van der Waals surface area contributed by atoms with E-state index in [1.165, 1.54) is 0 Å². The van der Waals surface area contributed by atoms with Crippen LogP contribution in [0.15, 0.2) is 18.4 Å². The van der Waals surface area contributed by atoms with E-state index in [0.29, 0.717) is 14.6 Å². The van der Waals surface area contributed by atoms with E-state index < -0.39 is 13.1 Å². The molecule has 0 N–H and O–H groups in total.